The van der Waals surface area contributed by atoms with Crippen molar-refractivity contribution in [3.63, 3.8) is 0 Å². The van der Waals surface area contributed by atoms with Gasteiger partial charge in [0.05, 0.1) is 17.6 Å². The summed E-state index contributed by atoms with van der Waals surface area (Å²) < 4.78 is 15.9. The lowest BCUT2D eigenvalue weighted by Gasteiger charge is -2.60. The zero-order chi connectivity index (χ0) is 17.4. The first-order valence-electron chi connectivity index (χ1n) is 9.40. The van der Waals surface area contributed by atoms with Gasteiger partial charge in [-0.15, -0.1) is 0 Å². The second-order valence-electron chi connectivity index (χ2n) is 8.48. The smallest absolute Gasteiger partial charge is 0.197 e. The predicted molar refractivity (Wildman–Crippen MR) is 95.3 cm³/mol. The molecule has 4 heterocycles. The topological polar surface area (TPSA) is 22.3 Å². The molecular formula is C22H26NO2+. The zero-order valence-electron chi connectivity index (χ0n) is 15.4. The third-order valence-electron chi connectivity index (χ3n) is 6.48. The minimum atomic E-state index is -0.621. The molecule has 2 bridgehead atoms. The third kappa shape index (κ3) is 1.81. The Morgan fingerprint density at radius 3 is 2.28 bits per heavy atom. The van der Waals surface area contributed by atoms with Crippen LogP contribution in [0.15, 0.2) is 48.7 Å². The molecule has 3 nitrogen and oxygen atoms in total. The molecule has 1 saturated heterocycles. The van der Waals surface area contributed by atoms with Crippen molar-refractivity contribution in [3.05, 3.63) is 65.5 Å². The third-order valence-corrected chi connectivity index (χ3v) is 6.48. The maximum atomic E-state index is 6.71. The second kappa shape index (κ2) is 4.93. The van der Waals surface area contributed by atoms with Crippen molar-refractivity contribution in [3.8, 4) is 0 Å². The van der Waals surface area contributed by atoms with E-state index in [0.29, 0.717) is 0 Å². The van der Waals surface area contributed by atoms with E-state index < -0.39 is 5.79 Å². The van der Waals surface area contributed by atoms with Gasteiger partial charge in [-0.25, -0.2) is 0 Å². The zero-order valence-corrected chi connectivity index (χ0v) is 15.4. The maximum absolute atomic E-state index is 6.71. The average molecular weight is 336 g/mol. The molecule has 0 N–H and O–H groups in total. The highest BCUT2D eigenvalue weighted by atomic mass is 16.7. The maximum Gasteiger partial charge on any atom is 0.197 e. The fourth-order valence-electron chi connectivity index (χ4n) is 5.61. The largest absolute Gasteiger partial charge is 0.345 e. The van der Waals surface area contributed by atoms with Gasteiger partial charge in [-0.1, -0.05) is 30.3 Å². The summed E-state index contributed by atoms with van der Waals surface area (Å²) in [7, 11) is 0. The van der Waals surface area contributed by atoms with Crippen LogP contribution in [0.5, 0.6) is 0 Å². The van der Waals surface area contributed by atoms with Crippen molar-refractivity contribution in [1.82, 2.24) is 0 Å². The summed E-state index contributed by atoms with van der Waals surface area (Å²) in [6.07, 6.45) is 3.57. The Bertz CT molecular complexity index is 786. The summed E-state index contributed by atoms with van der Waals surface area (Å²) >= 11 is 0. The SMILES string of the molecule is C[C@H]1C[C@H](C)OC2(O1)[C@@H]1c3ccccc3[C@@H]([n+]3ccccc31)C2(C)C. The van der Waals surface area contributed by atoms with E-state index in [1.54, 1.807) is 0 Å². The van der Waals surface area contributed by atoms with E-state index >= 15 is 0 Å². The summed E-state index contributed by atoms with van der Waals surface area (Å²) in [6, 6.07) is 15.5. The van der Waals surface area contributed by atoms with E-state index in [2.05, 4.69) is 80.9 Å². The van der Waals surface area contributed by atoms with E-state index in [9.17, 15) is 0 Å². The monoisotopic (exact) mass is 336 g/mol. The van der Waals surface area contributed by atoms with Gasteiger partial charge >= 0.3 is 0 Å². The Kier molecular flexibility index (Phi) is 3.06. The fraction of sp³-hybridized carbons (Fsp3) is 0.500. The van der Waals surface area contributed by atoms with Crippen LogP contribution in [0.3, 0.4) is 0 Å². The Hall–Kier alpha value is -1.71. The molecule has 1 aromatic heterocycles. The van der Waals surface area contributed by atoms with Crippen LogP contribution in [-0.4, -0.2) is 18.0 Å². The van der Waals surface area contributed by atoms with E-state index in [1.165, 1.54) is 16.8 Å². The van der Waals surface area contributed by atoms with Crippen LogP contribution in [0.4, 0.5) is 0 Å². The molecule has 6 rings (SSSR count). The lowest BCUT2D eigenvalue weighted by molar-refractivity contribution is -0.757. The van der Waals surface area contributed by atoms with Crippen molar-refractivity contribution in [1.29, 1.82) is 0 Å². The molecule has 0 radical (unpaired) electrons. The van der Waals surface area contributed by atoms with Gasteiger partial charge < -0.3 is 9.47 Å². The fourth-order valence-corrected chi connectivity index (χ4v) is 5.61. The number of nitrogens with zero attached hydrogens (tertiary/aromatic N) is 1. The van der Waals surface area contributed by atoms with E-state index in [4.69, 9.17) is 9.47 Å². The molecule has 0 amide bonds. The summed E-state index contributed by atoms with van der Waals surface area (Å²) in [6.45, 7) is 9.00. The normalized spacial score (nSPS) is 37.6. The first-order chi connectivity index (χ1) is 12.0. The molecule has 3 aliphatic heterocycles. The van der Waals surface area contributed by atoms with Gasteiger partial charge in [-0.2, -0.15) is 4.57 Å². The molecular weight excluding hydrogens is 310 g/mol. The van der Waals surface area contributed by atoms with Crippen molar-refractivity contribution >= 4 is 0 Å². The van der Waals surface area contributed by atoms with E-state index in [-0.39, 0.29) is 29.6 Å². The summed E-state index contributed by atoms with van der Waals surface area (Å²) in [5, 5.41) is 0. The molecule has 1 spiro atoms. The molecule has 4 aliphatic rings. The summed E-state index contributed by atoms with van der Waals surface area (Å²) in [5.74, 6) is -0.528. The highest BCUT2D eigenvalue weighted by Gasteiger charge is 2.72. The van der Waals surface area contributed by atoms with Gasteiger partial charge in [-0.05, 0) is 39.7 Å². The molecule has 25 heavy (non-hydrogen) atoms. The van der Waals surface area contributed by atoms with Gasteiger partial charge in [0.15, 0.2) is 23.7 Å². The standard InChI is InChI=1S/C22H26NO2/c1-14-13-15(2)25-22(24-14)19-16-9-5-6-10-17(16)20(21(22,3)4)23-12-8-7-11-18(19)23/h5-12,14-15,19-20H,13H2,1-4H3/q+1/t14-,15-,19+,20+/m0/s1. The number of rotatable bonds is 0. The molecule has 4 atom stereocenters. The first-order valence-corrected chi connectivity index (χ1v) is 9.40. The predicted octanol–water partition coefficient (Wildman–Crippen LogP) is 3.96. The van der Waals surface area contributed by atoms with Crippen molar-refractivity contribution in [2.45, 2.75) is 64.1 Å². The van der Waals surface area contributed by atoms with Gasteiger partial charge in [-0.3, -0.25) is 0 Å². The van der Waals surface area contributed by atoms with Crippen LogP contribution in [0.2, 0.25) is 0 Å². The number of ether oxygens (including phenoxy) is 2. The van der Waals surface area contributed by atoms with Crippen molar-refractivity contribution in [2.75, 3.05) is 0 Å². The molecule has 1 aromatic carbocycles. The van der Waals surface area contributed by atoms with Crippen LogP contribution >= 0.6 is 0 Å². The molecule has 130 valence electrons. The highest BCUT2D eigenvalue weighted by Crippen LogP contribution is 2.63. The Morgan fingerprint density at radius 1 is 0.920 bits per heavy atom. The molecule has 2 aromatic rings. The molecule has 0 saturated carbocycles. The van der Waals surface area contributed by atoms with Crippen molar-refractivity contribution in [2.24, 2.45) is 5.41 Å². The van der Waals surface area contributed by atoms with Crippen LogP contribution in [-0.2, 0) is 9.47 Å². The van der Waals surface area contributed by atoms with Gasteiger partial charge in [0.2, 0.25) is 0 Å². The number of pyridine rings is 1. The Balaban J connectivity index is 1.84. The van der Waals surface area contributed by atoms with Crippen LogP contribution in [0.1, 0.15) is 62.9 Å². The Morgan fingerprint density at radius 2 is 1.56 bits per heavy atom. The molecule has 3 heteroatoms. The van der Waals surface area contributed by atoms with Crippen LogP contribution < -0.4 is 4.57 Å². The number of hydrogen-bond donors (Lipinski definition) is 0. The number of benzene rings is 1. The average Bonchev–Trinajstić information content (AvgIpc) is 2.57. The lowest BCUT2D eigenvalue weighted by Crippen LogP contribution is -2.73. The van der Waals surface area contributed by atoms with Gasteiger partial charge in [0.25, 0.3) is 0 Å². The minimum Gasteiger partial charge on any atom is -0.345 e. The quantitative estimate of drug-likeness (QED) is 0.680. The van der Waals surface area contributed by atoms with Crippen LogP contribution in [0.25, 0.3) is 0 Å². The molecule has 1 aliphatic carbocycles. The molecule has 1 fully saturated rings. The van der Waals surface area contributed by atoms with Crippen LogP contribution in [0, 0.1) is 5.41 Å². The van der Waals surface area contributed by atoms with Crippen molar-refractivity contribution < 1.29 is 14.0 Å². The first kappa shape index (κ1) is 15.5. The van der Waals surface area contributed by atoms with Gasteiger partial charge in [0.1, 0.15) is 5.92 Å². The minimum absolute atomic E-state index is 0.0927. The highest BCUT2D eigenvalue weighted by molar-refractivity contribution is 5.46. The number of aromatic nitrogens is 1. The van der Waals surface area contributed by atoms with Gasteiger partial charge in [0, 0.05) is 17.7 Å². The Labute approximate surface area is 149 Å². The summed E-state index contributed by atoms with van der Waals surface area (Å²) in [4.78, 5) is 0. The van der Waals surface area contributed by atoms with E-state index in [1.807, 2.05) is 0 Å². The molecule has 0 unspecified atom stereocenters. The number of hydrogen-bond acceptors (Lipinski definition) is 2. The lowest BCUT2D eigenvalue weighted by atomic mass is 9.57. The summed E-state index contributed by atoms with van der Waals surface area (Å²) in [5.41, 5.74) is 3.89. The second-order valence-corrected chi connectivity index (χ2v) is 8.48. The van der Waals surface area contributed by atoms with E-state index in [0.717, 1.165) is 6.42 Å².